The zero-order chi connectivity index (χ0) is 13.0. The molecule has 0 spiro atoms. The minimum atomic E-state index is -0.0294. The molecule has 112 valence electrons. The molecule has 0 bridgehead atoms. The monoisotopic (exact) mass is 289 g/mol. The molecule has 4 nitrogen and oxygen atoms in total. The smallest absolute Gasteiger partial charge is 0.237 e. The summed E-state index contributed by atoms with van der Waals surface area (Å²) in [5.74, 6) is 0.191. The number of likely N-dealkylation sites (tertiary alicyclic amines) is 1. The van der Waals surface area contributed by atoms with E-state index in [0.717, 1.165) is 38.8 Å². The first kappa shape index (κ1) is 16.7. The number of carbonyl (C=O) groups excluding carboxylic acids is 1. The number of nitrogens with two attached hydrogens (primary N) is 1. The van der Waals surface area contributed by atoms with E-state index >= 15 is 0 Å². The zero-order valence-electron chi connectivity index (χ0n) is 11.9. The van der Waals surface area contributed by atoms with Crippen molar-refractivity contribution < 1.29 is 4.79 Å². The third-order valence-electron chi connectivity index (χ3n) is 4.37. The van der Waals surface area contributed by atoms with Gasteiger partial charge in [0.25, 0.3) is 0 Å². The highest BCUT2D eigenvalue weighted by molar-refractivity contribution is 5.85. The van der Waals surface area contributed by atoms with Gasteiger partial charge in [0.2, 0.25) is 5.91 Å². The van der Waals surface area contributed by atoms with E-state index in [1.165, 1.54) is 19.3 Å². The van der Waals surface area contributed by atoms with Crippen molar-refractivity contribution >= 4 is 18.3 Å². The Morgan fingerprint density at radius 1 is 1.21 bits per heavy atom. The fourth-order valence-electron chi connectivity index (χ4n) is 3.13. The number of hydrogen-bond donors (Lipinski definition) is 2. The third kappa shape index (κ3) is 4.93. The fourth-order valence-corrected chi connectivity index (χ4v) is 3.13. The summed E-state index contributed by atoms with van der Waals surface area (Å²) in [4.78, 5) is 14.5. The van der Waals surface area contributed by atoms with Gasteiger partial charge in [-0.2, -0.15) is 0 Å². The summed E-state index contributed by atoms with van der Waals surface area (Å²) in [6.07, 6.45) is 8.34. The molecule has 1 aliphatic heterocycles. The van der Waals surface area contributed by atoms with Crippen LogP contribution in [-0.4, -0.2) is 42.0 Å². The summed E-state index contributed by atoms with van der Waals surface area (Å²) in [6.45, 7) is 3.88. The Labute approximate surface area is 122 Å². The number of carbonyl (C=O) groups is 1. The predicted molar refractivity (Wildman–Crippen MR) is 80.5 cm³/mol. The molecule has 2 aliphatic rings. The first-order valence-corrected chi connectivity index (χ1v) is 7.47. The number of piperidine rings is 1. The largest absolute Gasteiger partial charge is 0.352 e. The van der Waals surface area contributed by atoms with Gasteiger partial charge in [0, 0.05) is 18.6 Å². The molecule has 1 aliphatic carbocycles. The summed E-state index contributed by atoms with van der Waals surface area (Å²) in [7, 11) is 0. The molecule has 2 atom stereocenters. The highest BCUT2D eigenvalue weighted by Crippen LogP contribution is 2.18. The Balaban J connectivity index is 0.00000180. The van der Waals surface area contributed by atoms with Gasteiger partial charge in [-0.1, -0.05) is 19.3 Å². The summed E-state index contributed by atoms with van der Waals surface area (Å²) >= 11 is 0. The van der Waals surface area contributed by atoms with Crippen molar-refractivity contribution in [2.45, 2.75) is 70.0 Å². The predicted octanol–water partition coefficient (Wildman–Crippen LogP) is 1.67. The molecule has 3 N–H and O–H groups in total. The molecular formula is C14H28ClN3O. The number of amides is 1. The van der Waals surface area contributed by atoms with Gasteiger partial charge in [-0.25, -0.2) is 0 Å². The summed E-state index contributed by atoms with van der Waals surface area (Å²) < 4.78 is 0. The summed E-state index contributed by atoms with van der Waals surface area (Å²) in [5, 5.41) is 3.21. The maximum atomic E-state index is 12.2. The van der Waals surface area contributed by atoms with E-state index in [1.54, 1.807) is 0 Å². The minimum absolute atomic E-state index is 0. The van der Waals surface area contributed by atoms with Crippen LogP contribution in [0.3, 0.4) is 0 Å². The van der Waals surface area contributed by atoms with Gasteiger partial charge in [-0.05, 0) is 39.2 Å². The van der Waals surface area contributed by atoms with E-state index < -0.39 is 0 Å². The number of hydrogen-bond acceptors (Lipinski definition) is 3. The molecule has 0 aromatic carbocycles. The molecule has 1 saturated carbocycles. The van der Waals surface area contributed by atoms with E-state index in [2.05, 4.69) is 10.2 Å². The Morgan fingerprint density at radius 3 is 2.53 bits per heavy atom. The molecule has 0 aromatic heterocycles. The maximum absolute atomic E-state index is 12.2. The lowest BCUT2D eigenvalue weighted by Crippen LogP contribution is -2.53. The van der Waals surface area contributed by atoms with E-state index in [4.69, 9.17) is 5.73 Å². The van der Waals surface area contributed by atoms with Gasteiger partial charge < -0.3 is 11.1 Å². The average molecular weight is 290 g/mol. The topological polar surface area (TPSA) is 58.4 Å². The van der Waals surface area contributed by atoms with Crippen molar-refractivity contribution in [3.8, 4) is 0 Å². The lowest BCUT2D eigenvalue weighted by molar-refractivity contribution is -0.127. The van der Waals surface area contributed by atoms with Crippen LogP contribution in [0.25, 0.3) is 0 Å². The second kappa shape index (κ2) is 8.08. The minimum Gasteiger partial charge on any atom is -0.352 e. The molecule has 2 fully saturated rings. The number of nitrogens with zero attached hydrogens (tertiary/aromatic N) is 1. The molecule has 2 rings (SSSR count). The molecule has 19 heavy (non-hydrogen) atoms. The highest BCUT2D eigenvalue weighted by atomic mass is 35.5. The Kier molecular flexibility index (Phi) is 7.11. The Morgan fingerprint density at radius 2 is 1.89 bits per heavy atom. The van der Waals surface area contributed by atoms with Crippen molar-refractivity contribution in [2.24, 2.45) is 5.73 Å². The molecule has 2 unspecified atom stereocenters. The first-order chi connectivity index (χ1) is 8.66. The Hall–Kier alpha value is -0.320. The van der Waals surface area contributed by atoms with Gasteiger partial charge in [-0.3, -0.25) is 9.69 Å². The lowest BCUT2D eigenvalue weighted by Gasteiger charge is -2.35. The SMILES string of the molecule is CC(C(=O)NC1CCCCC1)N1CCCC(N)C1.Cl. The van der Waals surface area contributed by atoms with E-state index in [-0.39, 0.29) is 30.4 Å². The fraction of sp³-hybridized carbons (Fsp3) is 0.929. The van der Waals surface area contributed by atoms with Crippen LogP contribution < -0.4 is 11.1 Å². The van der Waals surface area contributed by atoms with Gasteiger partial charge in [-0.15, -0.1) is 12.4 Å². The van der Waals surface area contributed by atoms with Gasteiger partial charge >= 0.3 is 0 Å². The second-order valence-corrected chi connectivity index (χ2v) is 5.92. The average Bonchev–Trinajstić information content (AvgIpc) is 2.39. The zero-order valence-corrected chi connectivity index (χ0v) is 12.8. The van der Waals surface area contributed by atoms with E-state index in [9.17, 15) is 4.79 Å². The maximum Gasteiger partial charge on any atom is 0.237 e. The summed E-state index contributed by atoms with van der Waals surface area (Å²) in [6, 6.07) is 0.620. The van der Waals surface area contributed by atoms with Crippen LogP contribution in [0.1, 0.15) is 51.9 Å². The van der Waals surface area contributed by atoms with Crippen LogP contribution in [0, 0.1) is 0 Å². The van der Waals surface area contributed by atoms with Crippen molar-refractivity contribution in [1.82, 2.24) is 10.2 Å². The quantitative estimate of drug-likeness (QED) is 0.831. The van der Waals surface area contributed by atoms with Crippen LogP contribution in [0.15, 0.2) is 0 Å². The normalized spacial score (nSPS) is 27.4. The molecule has 5 heteroatoms. The van der Waals surface area contributed by atoms with Crippen LogP contribution >= 0.6 is 12.4 Å². The first-order valence-electron chi connectivity index (χ1n) is 7.47. The number of halogens is 1. The van der Waals surface area contributed by atoms with Gasteiger partial charge in [0.1, 0.15) is 0 Å². The molecule has 1 heterocycles. The molecule has 0 radical (unpaired) electrons. The number of nitrogens with one attached hydrogen (secondary N) is 1. The Bertz CT molecular complexity index is 282. The van der Waals surface area contributed by atoms with E-state index in [1.807, 2.05) is 6.92 Å². The third-order valence-corrected chi connectivity index (χ3v) is 4.37. The molecule has 1 saturated heterocycles. The van der Waals surface area contributed by atoms with Crippen molar-refractivity contribution in [3.05, 3.63) is 0 Å². The van der Waals surface area contributed by atoms with Crippen LogP contribution in [0.5, 0.6) is 0 Å². The van der Waals surface area contributed by atoms with Gasteiger partial charge in [0.05, 0.1) is 6.04 Å². The highest BCUT2D eigenvalue weighted by Gasteiger charge is 2.27. The van der Waals surface area contributed by atoms with Crippen molar-refractivity contribution in [1.29, 1.82) is 0 Å². The standard InChI is InChI=1S/C14H27N3O.ClH/c1-11(17-9-5-6-12(15)10-17)14(18)16-13-7-3-2-4-8-13;/h11-13H,2-10,15H2,1H3,(H,16,18);1H. The van der Waals surface area contributed by atoms with Gasteiger partial charge in [0.15, 0.2) is 0 Å². The van der Waals surface area contributed by atoms with Crippen LogP contribution in [0.4, 0.5) is 0 Å². The second-order valence-electron chi connectivity index (χ2n) is 5.92. The van der Waals surface area contributed by atoms with E-state index in [0.29, 0.717) is 6.04 Å². The van der Waals surface area contributed by atoms with Crippen LogP contribution in [-0.2, 0) is 4.79 Å². The molecular weight excluding hydrogens is 262 g/mol. The molecule has 1 amide bonds. The lowest BCUT2D eigenvalue weighted by atomic mass is 9.95. The molecule has 0 aromatic rings. The van der Waals surface area contributed by atoms with Crippen molar-refractivity contribution in [3.63, 3.8) is 0 Å². The van der Waals surface area contributed by atoms with Crippen molar-refractivity contribution in [2.75, 3.05) is 13.1 Å². The van der Waals surface area contributed by atoms with Crippen LogP contribution in [0.2, 0.25) is 0 Å². The number of rotatable bonds is 3. The summed E-state index contributed by atoms with van der Waals surface area (Å²) in [5.41, 5.74) is 5.97.